The van der Waals surface area contributed by atoms with Crippen molar-refractivity contribution >= 4 is 11.8 Å². The molecule has 0 aromatic heterocycles. The van der Waals surface area contributed by atoms with Crippen LogP contribution in [0.1, 0.15) is 18.7 Å². The molecule has 0 saturated heterocycles. The molecule has 0 saturated carbocycles. The minimum absolute atomic E-state index is 0.504. The van der Waals surface area contributed by atoms with E-state index in [2.05, 4.69) is 19.1 Å². The van der Waals surface area contributed by atoms with Crippen LogP contribution in [-0.2, 0) is 0 Å². The van der Waals surface area contributed by atoms with Crippen molar-refractivity contribution in [2.75, 3.05) is 19.8 Å². The molecule has 0 aliphatic rings. The second kappa shape index (κ2) is 5.39. The molecule has 0 spiro atoms. The lowest BCUT2D eigenvalue weighted by Crippen LogP contribution is -2.18. The van der Waals surface area contributed by atoms with Crippen LogP contribution in [0.3, 0.4) is 0 Å². The highest BCUT2D eigenvalue weighted by atomic mass is 32.2. The van der Waals surface area contributed by atoms with Crippen molar-refractivity contribution in [2.24, 2.45) is 0 Å². The van der Waals surface area contributed by atoms with E-state index in [0.29, 0.717) is 0 Å². The van der Waals surface area contributed by atoms with Gasteiger partial charge in [0.15, 0.2) is 0 Å². The van der Waals surface area contributed by atoms with Crippen LogP contribution in [-0.4, -0.2) is 29.9 Å². The zero-order valence-corrected chi connectivity index (χ0v) is 9.71. The van der Waals surface area contributed by atoms with Crippen LogP contribution < -0.4 is 0 Å². The summed E-state index contributed by atoms with van der Waals surface area (Å²) in [5.74, 6) is 1.08. The number of benzene rings is 1. The van der Waals surface area contributed by atoms with Gasteiger partial charge in [-0.25, -0.2) is 0 Å². The fourth-order valence-corrected chi connectivity index (χ4v) is 1.86. The second-order valence-corrected chi connectivity index (χ2v) is 4.68. The first-order chi connectivity index (χ1) is 6.65. The zero-order valence-electron chi connectivity index (χ0n) is 8.90. The predicted octanol–water partition coefficient (Wildman–Crippen LogP) is 2.35. The molecule has 0 fully saturated rings. The molecule has 3 heteroatoms. The van der Waals surface area contributed by atoms with Gasteiger partial charge in [0.2, 0.25) is 0 Å². The summed E-state index contributed by atoms with van der Waals surface area (Å²) in [5, 5.41) is 9.74. The molecule has 1 aromatic rings. The third-order valence-electron chi connectivity index (χ3n) is 1.98. The molecule has 1 N–H and O–H groups in total. The number of aliphatic hydroxyl groups excluding tert-OH is 1. The Morgan fingerprint density at radius 1 is 1.29 bits per heavy atom. The summed E-state index contributed by atoms with van der Waals surface area (Å²) in [5.41, 5.74) is 0.940. The molecule has 0 radical (unpaired) electrons. The van der Waals surface area contributed by atoms with Crippen molar-refractivity contribution in [3.63, 3.8) is 0 Å². The molecule has 0 aliphatic carbocycles. The number of aliphatic hydroxyl groups is 1. The zero-order chi connectivity index (χ0) is 10.6. The lowest BCUT2D eigenvalue weighted by molar-refractivity contribution is 0.0395. The summed E-state index contributed by atoms with van der Waals surface area (Å²) >= 11 is 1.81. The van der Waals surface area contributed by atoms with Gasteiger partial charge in [0, 0.05) is 4.90 Å². The Bertz CT molecular complexity index is 271. The van der Waals surface area contributed by atoms with Gasteiger partial charge in [0.1, 0.15) is 6.23 Å². The van der Waals surface area contributed by atoms with E-state index in [1.807, 2.05) is 38.0 Å². The molecule has 1 rings (SSSR count). The lowest BCUT2D eigenvalue weighted by Gasteiger charge is -2.18. The van der Waals surface area contributed by atoms with Gasteiger partial charge in [-0.3, -0.25) is 4.90 Å². The minimum Gasteiger partial charge on any atom is -0.374 e. The molecule has 1 atom stereocenters. The Morgan fingerprint density at radius 3 is 2.29 bits per heavy atom. The van der Waals surface area contributed by atoms with Crippen LogP contribution in [0.5, 0.6) is 0 Å². The molecule has 1 unspecified atom stereocenters. The summed E-state index contributed by atoms with van der Waals surface area (Å²) in [7, 11) is 3.72. The van der Waals surface area contributed by atoms with Crippen LogP contribution in [0, 0.1) is 0 Å². The molecule has 78 valence electrons. The Labute approximate surface area is 89.9 Å². The Hall–Kier alpha value is -0.510. The summed E-state index contributed by atoms with van der Waals surface area (Å²) in [6.07, 6.45) is -0.504. The van der Waals surface area contributed by atoms with Crippen molar-refractivity contribution in [2.45, 2.75) is 18.0 Å². The molecule has 0 aliphatic heterocycles. The van der Waals surface area contributed by atoms with Gasteiger partial charge >= 0.3 is 0 Å². The number of hydrogen-bond donors (Lipinski definition) is 1. The van der Waals surface area contributed by atoms with Crippen molar-refractivity contribution in [3.8, 4) is 0 Å². The van der Waals surface area contributed by atoms with E-state index >= 15 is 0 Å². The molecule has 0 heterocycles. The van der Waals surface area contributed by atoms with Crippen LogP contribution in [0.2, 0.25) is 0 Å². The molecular weight excluding hydrogens is 194 g/mol. The fourth-order valence-electron chi connectivity index (χ4n) is 1.20. The topological polar surface area (TPSA) is 23.5 Å². The molecule has 1 aromatic carbocycles. The number of rotatable bonds is 4. The SMILES string of the molecule is CCSc1ccc(C(O)N(C)C)cc1. The van der Waals surface area contributed by atoms with Crippen LogP contribution >= 0.6 is 11.8 Å². The summed E-state index contributed by atoms with van der Waals surface area (Å²) in [4.78, 5) is 3.03. The highest BCUT2D eigenvalue weighted by Crippen LogP contribution is 2.21. The Morgan fingerprint density at radius 2 is 1.86 bits per heavy atom. The van der Waals surface area contributed by atoms with Crippen molar-refractivity contribution in [1.29, 1.82) is 0 Å². The van der Waals surface area contributed by atoms with Crippen molar-refractivity contribution in [1.82, 2.24) is 4.90 Å². The van der Waals surface area contributed by atoms with Gasteiger partial charge in [-0.15, -0.1) is 11.8 Å². The first kappa shape index (κ1) is 11.6. The number of thioether (sulfide) groups is 1. The van der Waals surface area contributed by atoms with Gasteiger partial charge in [-0.05, 0) is 37.5 Å². The molecule has 14 heavy (non-hydrogen) atoms. The Balaban J connectivity index is 2.72. The summed E-state index contributed by atoms with van der Waals surface area (Å²) in [6, 6.07) is 8.05. The monoisotopic (exact) mass is 211 g/mol. The predicted molar refractivity (Wildman–Crippen MR) is 61.5 cm³/mol. The molecule has 0 bridgehead atoms. The Kier molecular flexibility index (Phi) is 4.45. The highest BCUT2D eigenvalue weighted by molar-refractivity contribution is 7.99. The van der Waals surface area contributed by atoms with E-state index in [4.69, 9.17) is 0 Å². The number of hydrogen-bond acceptors (Lipinski definition) is 3. The normalized spacial score (nSPS) is 13.2. The standard InChI is InChI=1S/C11H17NOS/c1-4-14-10-7-5-9(6-8-10)11(13)12(2)3/h5-8,11,13H,4H2,1-3H3. The van der Waals surface area contributed by atoms with E-state index in [9.17, 15) is 5.11 Å². The van der Waals surface area contributed by atoms with Gasteiger partial charge in [0.05, 0.1) is 0 Å². The maximum atomic E-state index is 9.74. The lowest BCUT2D eigenvalue weighted by atomic mass is 10.2. The average Bonchev–Trinajstić information content (AvgIpc) is 2.18. The van der Waals surface area contributed by atoms with Crippen molar-refractivity contribution < 1.29 is 5.11 Å². The summed E-state index contributed by atoms with van der Waals surface area (Å²) < 4.78 is 0. The molecular formula is C11H17NOS. The second-order valence-electron chi connectivity index (χ2n) is 3.34. The average molecular weight is 211 g/mol. The maximum Gasteiger partial charge on any atom is 0.133 e. The summed E-state index contributed by atoms with van der Waals surface area (Å²) in [6.45, 7) is 2.13. The van der Waals surface area contributed by atoms with E-state index in [0.717, 1.165) is 11.3 Å². The maximum absolute atomic E-state index is 9.74. The van der Waals surface area contributed by atoms with E-state index in [1.165, 1.54) is 4.90 Å². The largest absolute Gasteiger partial charge is 0.374 e. The minimum atomic E-state index is -0.504. The van der Waals surface area contributed by atoms with Gasteiger partial charge < -0.3 is 5.11 Å². The van der Waals surface area contributed by atoms with Crippen LogP contribution in [0.4, 0.5) is 0 Å². The fraction of sp³-hybridized carbons (Fsp3) is 0.455. The van der Waals surface area contributed by atoms with E-state index < -0.39 is 6.23 Å². The van der Waals surface area contributed by atoms with Gasteiger partial charge in [-0.1, -0.05) is 19.1 Å². The third-order valence-corrected chi connectivity index (χ3v) is 2.87. The number of nitrogens with zero attached hydrogens (tertiary/aromatic N) is 1. The first-order valence-electron chi connectivity index (χ1n) is 4.72. The van der Waals surface area contributed by atoms with E-state index in [1.54, 1.807) is 4.90 Å². The highest BCUT2D eigenvalue weighted by Gasteiger charge is 2.08. The third kappa shape index (κ3) is 3.01. The van der Waals surface area contributed by atoms with E-state index in [-0.39, 0.29) is 0 Å². The molecule has 2 nitrogen and oxygen atoms in total. The van der Waals surface area contributed by atoms with Crippen molar-refractivity contribution in [3.05, 3.63) is 29.8 Å². The van der Waals surface area contributed by atoms with Crippen LogP contribution in [0.15, 0.2) is 29.2 Å². The van der Waals surface area contributed by atoms with Crippen LogP contribution in [0.25, 0.3) is 0 Å². The van der Waals surface area contributed by atoms with Gasteiger partial charge in [0.25, 0.3) is 0 Å². The first-order valence-corrected chi connectivity index (χ1v) is 5.71. The quantitative estimate of drug-likeness (QED) is 0.611. The smallest absolute Gasteiger partial charge is 0.133 e. The van der Waals surface area contributed by atoms with Gasteiger partial charge in [-0.2, -0.15) is 0 Å². The molecule has 0 amide bonds.